The first-order chi connectivity index (χ1) is 6.40. The average Bonchev–Trinajstić information content (AvgIpc) is 2.01. The van der Waals surface area contributed by atoms with Crippen molar-refractivity contribution in [1.29, 1.82) is 0 Å². The van der Waals surface area contributed by atoms with Gasteiger partial charge in [0.25, 0.3) is 0 Å². The van der Waals surface area contributed by atoms with Gasteiger partial charge in [0.2, 0.25) is 0 Å². The van der Waals surface area contributed by atoms with Gasteiger partial charge in [-0.05, 0) is 32.9 Å². The maximum absolute atomic E-state index is 11.4. The van der Waals surface area contributed by atoms with Gasteiger partial charge < -0.3 is 9.84 Å². The Balaban J connectivity index is 2.86. The zero-order valence-electron chi connectivity index (χ0n) is 8.44. The van der Waals surface area contributed by atoms with Crippen LogP contribution in [0.15, 0.2) is 18.3 Å². The van der Waals surface area contributed by atoms with Gasteiger partial charge in [-0.2, -0.15) is 0 Å². The van der Waals surface area contributed by atoms with Crippen LogP contribution in [-0.2, 0) is 4.74 Å². The van der Waals surface area contributed by atoms with Crippen molar-refractivity contribution in [3.63, 3.8) is 0 Å². The number of esters is 1. The van der Waals surface area contributed by atoms with Gasteiger partial charge in [0.1, 0.15) is 11.4 Å². The molecule has 0 atom stereocenters. The maximum atomic E-state index is 11.4. The SMILES string of the molecule is CC(C)(C)OC(=O)c1ncccc1O. The number of ether oxygens (including phenoxy) is 1. The standard InChI is InChI=1S/C10H13NO3/c1-10(2,3)14-9(13)8-7(12)5-4-6-11-8/h4-6,12H,1-3H3. The first kappa shape index (κ1) is 10.5. The molecule has 76 valence electrons. The molecule has 0 aromatic carbocycles. The topological polar surface area (TPSA) is 59.4 Å². The van der Waals surface area contributed by atoms with Crippen LogP contribution >= 0.6 is 0 Å². The molecule has 0 aliphatic rings. The van der Waals surface area contributed by atoms with E-state index in [0.29, 0.717) is 0 Å². The molecular weight excluding hydrogens is 182 g/mol. The van der Waals surface area contributed by atoms with Gasteiger partial charge in [0, 0.05) is 6.20 Å². The molecule has 0 bridgehead atoms. The lowest BCUT2D eigenvalue weighted by molar-refractivity contribution is 0.00599. The van der Waals surface area contributed by atoms with Gasteiger partial charge in [0.05, 0.1) is 0 Å². The van der Waals surface area contributed by atoms with Crippen LogP contribution in [0.25, 0.3) is 0 Å². The van der Waals surface area contributed by atoms with Crippen LogP contribution in [0.3, 0.4) is 0 Å². The molecule has 0 saturated heterocycles. The fourth-order valence-electron chi connectivity index (χ4n) is 0.881. The fourth-order valence-corrected chi connectivity index (χ4v) is 0.881. The Morgan fingerprint density at radius 2 is 2.14 bits per heavy atom. The van der Waals surface area contributed by atoms with E-state index in [-0.39, 0.29) is 11.4 Å². The lowest BCUT2D eigenvalue weighted by Crippen LogP contribution is -2.24. The Morgan fingerprint density at radius 1 is 1.50 bits per heavy atom. The predicted octanol–water partition coefficient (Wildman–Crippen LogP) is 1.74. The van der Waals surface area contributed by atoms with E-state index in [2.05, 4.69) is 4.98 Å². The maximum Gasteiger partial charge on any atom is 0.361 e. The molecule has 0 radical (unpaired) electrons. The molecule has 0 spiro atoms. The van der Waals surface area contributed by atoms with E-state index in [1.165, 1.54) is 12.3 Å². The molecule has 1 N–H and O–H groups in total. The Bertz CT molecular complexity index is 341. The zero-order valence-corrected chi connectivity index (χ0v) is 8.44. The summed E-state index contributed by atoms with van der Waals surface area (Å²) >= 11 is 0. The van der Waals surface area contributed by atoms with E-state index >= 15 is 0 Å². The van der Waals surface area contributed by atoms with Crippen molar-refractivity contribution >= 4 is 5.97 Å². The summed E-state index contributed by atoms with van der Waals surface area (Å²) in [4.78, 5) is 15.2. The van der Waals surface area contributed by atoms with Gasteiger partial charge in [0.15, 0.2) is 5.69 Å². The number of hydrogen-bond acceptors (Lipinski definition) is 4. The van der Waals surface area contributed by atoms with Crippen molar-refractivity contribution in [3.05, 3.63) is 24.0 Å². The summed E-state index contributed by atoms with van der Waals surface area (Å²) in [6.07, 6.45) is 1.43. The van der Waals surface area contributed by atoms with Crippen LogP contribution < -0.4 is 0 Å². The van der Waals surface area contributed by atoms with E-state index in [4.69, 9.17) is 4.74 Å². The van der Waals surface area contributed by atoms with Gasteiger partial charge >= 0.3 is 5.97 Å². The third-order valence-electron chi connectivity index (χ3n) is 1.38. The number of aromatic nitrogens is 1. The highest BCUT2D eigenvalue weighted by molar-refractivity contribution is 5.90. The molecule has 0 unspecified atom stereocenters. The van der Waals surface area contributed by atoms with Gasteiger partial charge in [-0.1, -0.05) is 0 Å². The molecule has 1 rings (SSSR count). The van der Waals surface area contributed by atoms with Crippen LogP contribution in [0.4, 0.5) is 0 Å². The Kier molecular flexibility index (Phi) is 2.74. The second kappa shape index (κ2) is 3.65. The first-order valence-corrected chi connectivity index (χ1v) is 4.27. The zero-order chi connectivity index (χ0) is 10.8. The molecule has 0 saturated carbocycles. The molecule has 4 heteroatoms. The number of hydrogen-bond donors (Lipinski definition) is 1. The number of rotatable bonds is 1. The Hall–Kier alpha value is -1.58. The summed E-state index contributed by atoms with van der Waals surface area (Å²) in [6, 6.07) is 2.94. The molecule has 0 fully saturated rings. The number of aromatic hydroxyl groups is 1. The molecule has 4 nitrogen and oxygen atoms in total. The quantitative estimate of drug-likeness (QED) is 0.693. The summed E-state index contributed by atoms with van der Waals surface area (Å²) in [5.74, 6) is -0.780. The number of carbonyl (C=O) groups is 1. The highest BCUT2D eigenvalue weighted by Gasteiger charge is 2.20. The number of carbonyl (C=O) groups excluding carboxylic acids is 1. The molecule has 14 heavy (non-hydrogen) atoms. The van der Waals surface area contributed by atoms with E-state index in [1.807, 2.05) is 0 Å². The molecule has 1 aromatic heterocycles. The van der Waals surface area contributed by atoms with Gasteiger partial charge in [-0.25, -0.2) is 9.78 Å². The van der Waals surface area contributed by atoms with E-state index < -0.39 is 11.6 Å². The molecule has 1 heterocycles. The Morgan fingerprint density at radius 3 is 2.64 bits per heavy atom. The van der Waals surface area contributed by atoms with E-state index in [0.717, 1.165) is 0 Å². The minimum Gasteiger partial charge on any atom is -0.505 e. The van der Waals surface area contributed by atoms with Crippen molar-refractivity contribution in [2.24, 2.45) is 0 Å². The van der Waals surface area contributed by atoms with E-state index in [1.54, 1.807) is 26.8 Å². The lowest BCUT2D eigenvalue weighted by Gasteiger charge is -2.19. The Labute approximate surface area is 82.5 Å². The van der Waals surface area contributed by atoms with Crippen molar-refractivity contribution in [2.45, 2.75) is 26.4 Å². The second-order valence-corrected chi connectivity index (χ2v) is 3.87. The fraction of sp³-hybridized carbons (Fsp3) is 0.400. The minimum absolute atomic E-state index is 0.0533. The second-order valence-electron chi connectivity index (χ2n) is 3.87. The number of nitrogens with zero attached hydrogens (tertiary/aromatic N) is 1. The average molecular weight is 195 g/mol. The summed E-state index contributed by atoms with van der Waals surface area (Å²) < 4.78 is 5.04. The van der Waals surface area contributed by atoms with E-state index in [9.17, 15) is 9.90 Å². The predicted molar refractivity (Wildman–Crippen MR) is 51.1 cm³/mol. The molecule has 0 aliphatic carbocycles. The summed E-state index contributed by atoms with van der Waals surface area (Å²) in [5.41, 5.74) is -0.636. The van der Waals surface area contributed by atoms with Crippen LogP contribution in [0, 0.1) is 0 Å². The van der Waals surface area contributed by atoms with Crippen LogP contribution in [-0.4, -0.2) is 21.7 Å². The van der Waals surface area contributed by atoms with Crippen LogP contribution in [0.2, 0.25) is 0 Å². The summed E-state index contributed by atoms with van der Waals surface area (Å²) in [5, 5.41) is 9.31. The van der Waals surface area contributed by atoms with Crippen LogP contribution in [0.5, 0.6) is 5.75 Å². The third-order valence-corrected chi connectivity index (χ3v) is 1.38. The van der Waals surface area contributed by atoms with Crippen molar-refractivity contribution in [3.8, 4) is 5.75 Å². The lowest BCUT2D eigenvalue weighted by atomic mass is 10.2. The van der Waals surface area contributed by atoms with Crippen molar-refractivity contribution in [1.82, 2.24) is 4.98 Å². The molecule has 0 aliphatic heterocycles. The summed E-state index contributed by atoms with van der Waals surface area (Å²) in [6.45, 7) is 5.26. The van der Waals surface area contributed by atoms with Crippen LogP contribution in [0.1, 0.15) is 31.3 Å². The minimum atomic E-state index is -0.615. The molecule has 1 aromatic rings. The third kappa shape index (κ3) is 2.73. The first-order valence-electron chi connectivity index (χ1n) is 4.27. The largest absolute Gasteiger partial charge is 0.505 e. The molecular formula is C10H13NO3. The van der Waals surface area contributed by atoms with Gasteiger partial charge in [-0.15, -0.1) is 0 Å². The number of pyridine rings is 1. The van der Waals surface area contributed by atoms with Gasteiger partial charge in [-0.3, -0.25) is 0 Å². The van der Waals surface area contributed by atoms with Crippen molar-refractivity contribution < 1.29 is 14.6 Å². The van der Waals surface area contributed by atoms with Crippen molar-refractivity contribution in [2.75, 3.05) is 0 Å². The summed E-state index contributed by atoms with van der Waals surface area (Å²) in [7, 11) is 0. The molecule has 0 amide bonds. The smallest absolute Gasteiger partial charge is 0.361 e. The highest BCUT2D eigenvalue weighted by Crippen LogP contribution is 2.17. The highest BCUT2D eigenvalue weighted by atomic mass is 16.6. The normalized spacial score (nSPS) is 11.1. The monoisotopic (exact) mass is 195 g/mol.